The number of hydrogen-bond donors (Lipinski definition) is 3. The van der Waals surface area contributed by atoms with Gasteiger partial charge in [0, 0.05) is 11.1 Å². The van der Waals surface area contributed by atoms with Crippen molar-refractivity contribution in [2.75, 3.05) is 6.61 Å². The lowest BCUT2D eigenvalue weighted by Gasteiger charge is -2.00. The third kappa shape index (κ3) is 3.86. The number of amides is 1. The Morgan fingerprint density at radius 2 is 2.37 bits per heavy atom. The minimum Gasteiger partial charge on any atom is -0.384 e. The Labute approximate surface area is 119 Å². The maximum atomic E-state index is 11.8. The number of carbonyl (C=O) groups is 1. The first-order valence-electron chi connectivity index (χ1n) is 5.49. The van der Waals surface area contributed by atoms with Crippen LogP contribution in [-0.4, -0.2) is 22.6 Å². The fourth-order valence-electron chi connectivity index (χ4n) is 1.43. The smallest absolute Gasteiger partial charge is 0.268 e. The molecule has 2 heterocycles. The highest BCUT2D eigenvalue weighted by Crippen LogP contribution is 2.15. The van der Waals surface area contributed by atoms with Gasteiger partial charge in [-0.1, -0.05) is 23.4 Å². The summed E-state index contributed by atoms with van der Waals surface area (Å²) in [5.41, 5.74) is 0.432. The van der Waals surface area contributed by atoms with Gasteiger partial charge in [-0.3, -0.25) is 4.79 Å². The molecule has 0 spiro atoms. The molecule has 0 atom stereocenters. The first kappa shape index (κ1) is 13.7. The molecule has 0 unspecified atom stereocenters. The van der Waals surface area contributed by atoms with Crippen LogP contribution in [0, 0.1) is 11.8 Å². The van der Waals surface area contributed by atoms with Crippen LogP contribution in [0.3, 0.4) is 0 Å². The zero-order valence-corrected chi connectivity index (χ0v) is 11.4. The number of nitrogens with one attached hydrogen (secondary N) is 2. The molecule has 98 valence electrons. The zero-order valence-electron chi connectivity index (χ0n) is 9.87. The summed E-state index contributed by atoms with van der Waals surface area (Å²) in [5, 5.41) is 11.9. The van der Waals surface area contributed by atoms with Gasteiger partial charge in [0.1, 0.15) is 12.3 Å². The van der Waals surface area contributed by atoms with Crippen molar-refractivity contribution in [1.82, 2.24) is 10.3 Å². The van der Waals surface area contributed by atoms with Crippen LogP contribution in [0.25, 0.3) is 0 Å². The summed E-state index contributed by atoms with van der Waals surface area (Å²) in [6.45, 7) is 0.276. The molecule has 0 saturated heterocycles. The Hall–Kier alpha value is -1.74. The second-order valence-corrected chi connectivity index (χ2v) is 5.24. The standard InChI is InChI=1S/C13H11ClN2O2S/c14-9-6-12(15-7-9)13(18)16-8-11-4-3-10(19-11)2-1-5-17/h3-4,6-7,15,17H,5,8H2,(H,16,18). The van der Waals surface area contributed by atoms with Crippen LogP contribution >= 0.6 is 22.9 Å². The number of aliphatic hydroxyl groups is 1. The van der Waals surface area contributed by atoms with Crippen LogP contribution in [0.4, 0.5) is 0 Å². The molecule has 0 aliphatic rings. The van der Waals surface area contributed by atoms with E-state index in [1.54, 1.807) is 12.3 Å². The predicted octanol–water partition coefficient (Wildman–Crippen LogP) is 2.00. The quantitative estimate of drug-likeness (QED) is 0.758. The Kier molecular flexibility index (Phi) is 4.63. The van der Waals surface area contributed by atoms with Crippen LogP contribution in [-0.2, 0) is 6.54 Å². The van der Waals surface area contributed by atoms with Crippen LogP contribution < -0.4 is 5.32 Å². The third-order valence-corrected chi connectivity index (χ3v) is 3.49. The lowest BCUT2D eigenvalue weighted by Crippen LogP contribution is -2.22. The summed E-state index contributed by atoms with van der Waals surface area (Å²) in [7, 11) is 0. The Balaban J connectivity index is 1.92. The molecular formula is C13H11ClN2O2S. The fourth-order valence-corrected chi connectivity index (χ4v) is 2.41. The van der Waals surface area contributed by atoms with Gasteiger partial charge in [0.2, 0.25) is 0 Å². The molecule has 0 aliphatic heterocycles. The largest absolute Gasteiger partial charge is 0.384 e. The van der Waals surface area contributed by atoms with E-state index in [1.807, 2.05) is 12.1 Å². The fraction of sp³-hybridized carbons (Fsp3) is 0.154. The second-order valence-electron chi connectivity index (χ2n) is 3.64. The van der Waals surface area contributed by atoms with Crippen molar-refractivity contribution < 1.29 is 9.90 Å². The highest BCUT2D eigenvalue weighted by molar-refractivity contribution is 7.12. The van der Waals surface area contributed by atoms with E-state index in [9.17, 15) is 4.79 Å². The summed E-state index contributed by atoms with van der Waals surface area (Å²) >= 11 is 7.21. The molecule has 0 fully saturated rings. The van der Waals surface area contributed by atoms with Crippen molar-refractivity contribution >= 4 is 28.8 Å². The molecule has 3 N–H and O–H groups in total. The summed E-state index contributed by atoms with van der Waals surface area (Å²) < 4.78 is 0. The summed E-state index contributed by atoms with van der Waals surface area (Å²) in [6, 6.07) is 5.33. The van der Waals surface area contributed by atoms with Gasteiger partial charge < -0.3 is 15.4 Å². The average Bonchev–Trinajstić information content (AvgIpc) is 3.02. The summed E-state index contributed by atoms with van der Waals surface area (Å²) in [4.78, 5) is 16.4. The number of rotatable bonds is 3. The van der Waals surface area contributed by atoms with Crippen molar-refractivity contribution in [3.8, 4) is 11.8 Å². The number of halogens is 1. The first-order chi connectivity index (χ1) is 9.19. The number of aromatic amines is 1. The zero-order chi connectivity index (χ0) is 13.7. The van der Waals surface area contributed by atoms with Crippen molar-refractivity contribution in [2.45, 2.75) is 6.54 Å². The molecule has 2 aromatic rings. The van der Waals surface area contributed by atoms with E-state index < -0.39 is 0 Å². The third-order valence-electron chi connectivity index (χ3n) is 2.27. The topological polar surface area (TPSA) is 65.1 Å². The van der Waals surface area contributed by atoms with Gasteiger partial charge >= 0.3 is 0 Å². The Morgan fingerprint density at radius 3 is 3.05 bits per heavy atom. The Bertz CT molecular complexity index is 636. The van der Waals surface area contributed by atoms with Crippen molar-refractivity contribution in [1.29, 1.82) is 0 Å². The number of H-pyrrole nitrogens is 1. The number of thiophene rings is 1. The van der Waals surface area contributed by atoms with Crippen LogP contribution in [0.2, 0.25) is 5.02 Å². The van der Waals surface area contributed by atoms with Crippen molar-refractivity contribution in [3.05, 3.63) is 44.9 Å². The van der Waals surface area contributed by atoms with E-state index in [1.165, 1.54) is 11.3 Å². The van der Waals surface area contributed by atoms with Gasteiger partial charge in [-0.05, 0) is 18.2 Å². The average molecular weight is 295 g/mol. The monoisotopic (exact) mass is 294 g/mol. The molecule has 19 heavy (non-hydrogen) atoms. The van der Waals surface area contributed by atoms with E-state index in [-0.39, 0.29) is 12.5 Å². The van der Waals surface area contributed by atoms with Gasteiger partial charge in [0.15, 0.2) is 0 Å². The van der Waals surface area contributed by atoms with Crippen LogP contribution in [0.1, 0.15) is 20.2 Å². The summed E-state index contributed by atoms with van der Waals surface area (Å²) in [6.07, 6.45) is 1.56. The molecule has 0 aliphatic carbocycles. The molecule has 2 aromatic heterocycles. The molecule has 6 heteroatoms. The van der Waals surface area contributed by atoms with Crippen molar-refractivity contribution in [3.63, 3.8) is 0 Å². The minimum atomic E-state index is -0.205. The molecule has 0 aromatic carbocycles. The van der Waals surface area contributed by atoms with Crippen LogP contribution in [0.15, 0.2) is 24.4 Å². The molecule has 0 bridgehead atoms. The minimum absolute atomic E-state index is 0.155. The molecular weight excluding hydrogens is 284 g/mol. The van der Waals surface area contributed by atoms with Gasteiger partial charge in [0.05, 0.1) is 16.4 Å². The maximum Gasteiger partial charge on any atom is 0.268 e. The molecule has 4 nitrogen and oxygen atoms in total. The summed E-state index contributed by atoms with van der Waals surface area (Å²) in [5.74, 6) is 5.19. The maximum absolute atomic E-state index is 11.8. The lowest BCUT2D eigenvalue weighted by molar-refractivity contribution is 0.0947. The van der Waals surface area contributed by atoms with Gasteiger partial charge in [-0.2, -0.15) is 0 Å². The van der Waals surface area contributed by atoms with Gasteiger partial charge in [-0.25, -0.2) is 0 Å². The van der Waals surface area contributed by atoms with Crippen LogP contribution in [0.5, 0.6) is 0 Å². The molecule has 1 amide bonds. The van der Waals surface area contributed by atoms with E-state index >= 15 is 0 Å². The number of carbonyl (C=O) groups excluding carboxylic acids is 1. The number of aromatic nitrogens is 1. The van der Waals surface area contributed by atoms with E-state index in [0.717, 1.165) is 9.75 Å². The lowest BCUT2D eigenvalue weighted by atomic mass is 10.4. The van der Waals surface area contributed by atoms with Gasteiger partial charge in [-0.15, -0.1) is 11.3 Å². The normalized spacial score (nSPS) is 9.79. The molecule has 0 saturated carbocycles. The van der Waals surface area contributed by atoms with Gasteiger partial charge in [0.25, 0.3) is 5.91 Å². The predicted molar refractivity (Wildman–Crippen MR) is 75.3 cm³/mol. The number of hydrogen-bond acceptors (Lipinski definition) is 3. The first-order valence-corrected chi connectivity index (χ1v) is 6.69. The van der Waals surface area contributed by atoms with E-state index in [2.05, 4.69) is 22.1 Å². The Morgan fingerprint density at radius 1 is 1.53 bits per heavy atom. The van der Waals surface area contributed by atoms with Crippen molar-refractivity contribution in [2.24, 2.45) is 0 Å². The number of aliphatic hydroxyl groups excluding tert-OH is 1. The van der Waals surface area contributed by atoms with E-state index in [4.69, 9.17) is 16.7 Å². The second kappa shape index (κ2) is 6.43. The SMILES string of the molecule is O=C(NCc1ccc(C#CCO)s1)c1cc(Cl)c[nH]1. The van der Waals surface area contributed by atoms with E-state index in [0.29, 0.717) is 17.3 Å². The molecule has 0 radical (unpaired) electrons. The molecule has 2 rings (SSSR count). The highest BCUT2D eigenvalue weighted by Gasteiger charge is 2.08. The highest BCUT2D eigenvalue weighted by atomic mass is 35.5.